The van der Waals surface area contributed by atoms with E-state index in [1.54, 1.807) is 4.68 Å². The van der Waals surface area contributed by atoms with Crippen LogP contribution in [-0.2, 0) is 24.4 Å². The van der Waals surface area contributed by atoms with Gasteiger partial charge < -0.3 is 9.47 Å². The number of piperidine rings is 1. The Morgan fingerprint density at radius 1 is 1.13 bits per heavy atom. The second-order valence-corrected chi connectivity index (χ2v) is 9.36. The van der Waals surface area contributed by atoms with Crippen molar-refractivity contribution in [3.63, 3.8) is 0 Å². The molecule has 160 valence electrons. The van der Waals surface area contributed by atoms with Gasteiger partial charge in [0.1, 0.15) is 6.54 Å². The predicted octanol–water partition coefficient (Wildman–Crippen LogP) is 1.90. The molecule has 0 spiro atoms. The molecule has 2 fully saturated rings. The summed E-state index contributed by atoms with van der Waals surface area (Å²) in [6.45, 7) is 9.34. The number of nitrogens with zero attached hydrogens (tertiary/aromatic N) is 5. The number of rotatable bonds is 4. The van der Waals surface area contributed by atoms with Crippen molar-refractivity contribution in [2.45, 2.75) is 58.7 Å². The van der Waals surface area contributed by atoms with Crippen LogP contribution in [0, 0.1) is 19.8 Å². The highest BCUT2D eigenvalue weighted by molar-refractivity contribution is 5.76. The second kappa shape index (κ2) is 7.69. The van der Waals surface area contributed by atoms with Gasteiger partial charge in [-0.2, -0.15) is 5.10 Å². The molecule has 2 aromatic heterocycles. The Morgan fingerprint density at radius 2 is 1.93 bits per heavy atom. The van der Waals surface area contributed by atoms with Crippen LogP contribution in [0.4, 0.5) is 0 Å². The Labute approximate surface area is 177 Å². The monoisotopic (exact) mass is 409 g/mol. The van der Waals surface area contributed by atoms with Gasteiger partial charge in [-0.15, -0.1) is 0 Å². The van der Waals surface area contributed by atoms with Gasteiger partial charge in [-0.3, -0.25) is 19.2 Å². The van der Waals surface area contributed by atoms with Crippen LogP contribution in [0.3, 0.4) is 0 Å². The Kier molecular flexibility index (Phi) is 5.01. The number of pyridine rings is 1. The molecule has 2 bridgehead atoms. The highest BCUT2D eigenvalue weighted by Gasteiger charge is 2.36. The average molecular weight is 410 g/mol. The summed E-state index contributed by atoms with van der Waals surface area (Å²) in [5, 5.41) is 4.44. The van der Waals surface area contributed by atoms with Crippen LogP contribution in [0.5, 0.6) is 0 Å². The average Bonchev–Trinajstić information content (AvgIpc) is 3.33. The number of aryl methyl sites for hydroxylation is 2. The van der Waals surface area contributed by atoms with Gasteiger partial charge in [0.15, 0.2) is 0 Å². The minimum Gasteiger partial charge on any atom is -0.340 e. The van der Waals surface area contributed by atoms with Gasteiger partial charge in [0, 0.05) is 49.0 Å². The molecule has 2 saturated heterocycles. The van der Waals surface area contributed by atoms with E-state index in [2.05, 4.69) is 16.1 Å². The molecular weight excluding hydrogens is 378 g/mol. The third kappa shape index (κ3) is 3.60. The topological polar surface area (TPSA) is 63.4 Å². The Morgan fingerprint density at radius 3 is 2.67 bits per heavy atom. The first kappa shape index (κ1) is 19.5. The van der Waals surface area contributed by atoms with Gasteiger partial charge >= 0.3 is 0 Å². The van der Waals surface area contributed by atoms with Crippen LogP contribution < -0.4 is 5.56 Å². The van der Waals surface area contributed by atoms with Gasteiger partial charge in [-0.1, -0.05) is 6.07 Å². The highest BCUT2D eigenvalue weighted by Crippen LogP contribution is 2.35. The Hall–Kier alpha value is -2.41. The molecule has 7 nitrogen and oxygen atoms in total. The number of hydrogen-bond donors (Lipinski definition) is 0. The predicted molar refractivity (Wildman–Crippen MR) is 114 cm³/mol. The summed E-state index contributed by atoms with van der Waals surface area (Å²) in [6.07, 6.45) is 3.53. The van der Waals surface area contributed by atoms with Gasteiger partial charge in [0.05, 0.1) is 5.69 Å². The maximum absolute atomic E-state index is 13.2. The van der Waals surface area contributed by atoms with Crippen LogP contribution in [0.1, 0.15) is 47.8 Å². The molecule has 3 aliphatic heterocycles. The van der Waals surface area contributed by atoms with Crippen molar-refractivity contribution in [2.24, 2.45) is 5.92 Å². The standard InChI is InChI=1S/C23H31N5O2/c1-16-9-17(2)28(24-16)15-22(29)26-11-18-10-20(14-26)21-6-5-19(23(30)27(21)12-18)13-25-7-3-4-8-25/h5-6,9,18,20H,3-4,7-8,10-15H2,1-2H3/t18-,20+/m0/s1. The summed E-state index contributed by atoms with van der Waals surface area (Å²) in [5.74, 6) is 0.716. The lowest BCUT2D eigenvalue weighted by Crippen LogP contribution is -2.50. The number of hydrogen-bond acceptors (Lipinski definition) is 4. The minimum absolute atomic E-state index is 0.123. The number of amides is 1. The summed E-state index contributed by atoms with van der Waals surface area (Å²) in [5.41, 5.74) is 4.15. The molecule has 3 aliphatic rings. The maximum atomic E-state index is 13.2. The fourth-order valence-electron chi connectivity index (χ4n) is 5.56. The highest BCUT2D eigenvalue weighted by atomic mass is 16.2. The van der Waals surface area contributed by atoms with E-state index >= 15 is 0 Å². The molecule has 0 unspecified atom stereocenters. The summed E-state index contributed by atoms with van der Waals surface area (Å²) < 4.78 is 3.80. The number of carbonyl (C=O) groups is 1. The number of aromatic nitrogens is 3. The van der Waals surface area contributed by atoms with Crippen LogP contribution in [-0.4, -0.2) is 56.2 Å². The normalized spacial score (nSPS) is 23.6. The first-order valence-corrected chi connectivity index (χ1v) is 11.2. The van der Waals surface area contributed by atoms with Crippen molar-refractivity contribution >= 4 is 5.91 Å². The van der Waals surface area contributed by atoms with E-state index in [1.165, 1.54) is 12.8 Å². The zero-order chi connectivity index (χ0) is 20.8. The smallest absolute Gasteiger partial charge is 0.255 e. The molecule has 1 amide bonds. The van der Waals surface area contributed by atoms with Crippen molar-refractivity contribution in [3.8, 4) is 0 Å². The van der Waals surface area contributed by atoms with Crippen molar-refractivity contribution in [1.29, 1.82) is 0 Å². The van der Waals surface area contributed by atoms with Crippen LogP contribution in [0.2, 0.25) is 0 Å². The van der Waals surface area contributed by atoms with E-state index in [0.29, 0.717) is 19.0 Å². The molecule has 0 radical (unpaired) electrons. The van der Waals surface area contributed by atoms with Crippen molar-refractivity contribution in [1.82, 2.24) is 24.1 Å². The zero-order valence-corrected chi connectivity index (χ0v) is 18.0. The fourth-order valence-corrected chi connectivity index (χ4v) is 5.56. The van der Waals surface area contributed by atoms with E-state index in [-0.39, 0.29) is 17.4 Å². The van der Waals surface area contributed by atoms with Gasteiger partial charge in [0.2, 0.25) is 5.91 Å². The molecule has 7 heteroatoms. The molecular formula is C23H31N5O2. The lowest BCUT2D eigenvalue weighted by molar-refractivity contribution is -0.134. The van der Waals surface area contributed by atoms with Crippen LogP contribution >= 0.6 is 0 Å². The zero-order valence-electron chi connectivity index (χ0n) is 18.0. The largest absolute Gasteiger partial charge is 0.340 e. The quantitative estimate of drug-likeness (QED) is 0.774. The summed E-state index contributed by atoms with van der Waals surface area (Å²) in [6, 6.07) is 6.17. The molecule has 30 heavy (non-hydrogen) atoms. The molecule has 0 saturated carbocycles. The van der Waals surface area contributed by atoms with Crippen molar-refractivity contribution in [2.75, 3.05) is 26.2 Å². The van der Waals surface area contributed by atoms with Crippen LogP contribution in [0.25, 0.3) is 0 Å². The Bertz CT molecular complexity index is 1020. The van der Waals surface area contributed by atoms with E-state index in [1.807, 2.05) is 35.4 Å². The second-order valence-electron chi connectivity index (χ2n) is 9.36. The summed E-state index contributed by atoms with van der Waals surface area (Å²) in [4.78, 5) is 30.5. The lowest BCUT2D eigenvalue weighted by atomic mass is 9.83. The molecule has 2 atom stereocenters. The summed E-state index contributed by atoms with van der Waals surface area (Å²) in [7, 11) is 0. The van der Waals surface area contributed by atoms with E-state index in [4.69, 9.17) is 0 Å². The van der Waals surface area contributed by atoms with E-state index in [0.717, 1.165) is 61.8 Å². The van der Waals surface area contributed by atoms with Crippen LogP contribution in [0.15, 0.2) is 23.0 Å². The SMILES string of the molecule is Cc1cc(C)n(CC(=O)N2C[C@@H]3C[C@H](C2)c2ccc(CN4CCCC4)c(=O)n2C3)n1. The van der Waals surface area contributed by atoms with E-state index < -0.39 is 0 Å². The molecule has 0 aliphatic carbocycles. The first-order chi connectivity index (χ1) is 14.5. The molecule has 0 N–H and O–H groups in total. The molecule has 0 aromatic carbocycles. The van der Waals surface area contributed by atoms with E-state index in [9.17, 15) is 9.59 Å². The minimum atomic E-state index is 0.123. The number of likely N-dealkylation sites (tertiary alicyclic amines) is 2. The maximum Gasteiger partial charge on any atom is 0.255 e. The number of carbonyl (C=O) groups excluding carboxylic acids is 1. The molecule has 2 aromatic rings. The fraction of sp³-hybridized carbons (Fsp3) is 0.609. The van der Waals surface area contributed by atoms with Gasteiger partial charge in [0.25, 0.3) is 5.56 Å². The van der Waals surface area contributed by atoms with Crippen molar-refractivity contribution < 1.29 is 4.79 Å². The molecule has 5 rings (SSSR count). The van der Waals surface area contributed by atoms with Gasteiger partial charge in [-0.25, -0.2) is 0 Å². The summed E-state index contributed by atoms with van der Waals surface area (Å²) >= 11 is 0. The molecule has 5 heterocycles. The van der Waals surface area contributed by atoms with Gasteiger partial charge in [-0.05, 0) is 64.3 Å². The Balaban J connectivity index is 1.33. The third-order valence-electron chi connectivity index (χ3n) is 7.02. The van der Waals surface area contributed by atoms with Crippen molar-refractivity contribution in [3.05, 3.63) is 51.2 Å². The number of fused-ring (bicyclic) bond motifs is 4. The third-order valence-corrected chi connectivity index (χ3v) is 7.02. The lowest BCUT2D eigenvalue weighted by Gasteiger charge is -2.43. The first-order valence-electron chi connectivity index (χ1n) is 11.2.